The molecule has 0 aliphatic carbocycles. The van der Waals surface area contributed by atoms with Crippen molar-refractivity contribution in [2.45, 2.75) is 45.8 Å². The van der Waals surface area contributed by atoms with Crippen LogP contribution in [0.5, 0.6) is 5.75 Å². The Balaban J connectivity index is 1.84. The minimum absolute atomic E-state index is 0.0445. The molecule has 2 amide bonds. The van der Waals surface area contributed by atoms with Gasteiger partial charge in [-0.3, -0.25) is 4.79 Å². The van der Waals surface area contributed by atoms with Crippen LogP contribution in [0.2, 0.25) is 0 Å². The second-order valence-corrected chi connectivity index (χ2v) is 7.78. The molecule has 144 valence electrons. The van der Waals surface area contributed by atoms with Gasteiger partial charge in [-0.1, -0.05) is 12.1 Å². The van der Waals surface area contributed by atoms with Gasteiger partial charge in [-0.15, -0.1) is 0 Å². The van der Waals surface area contributed by atoms with E-state index in [1.165, 1.54) is 0 Å². The van der Waals surface area contributed by atoms with Gasteiger partial charge in [0.05, 0.1) is 7.11 Å². The average Bonchev–Trinajstić information content (AvgIpc) is 2.60. The van der Waals surface area contributed by atoms with Crippen LogP contribution in [0.15, 0.2) is 24.3 Å². The second-order valence-electron chi connectivity index (χ2n) is 7.78. The van der Waals surface area contributed by atoms with E-state index in [1.807, 2.05) is 52.1 Å². The number of ether oxygens (including phenoxy) is 2. The molecule has 1 saturated heterocycles. The van der Waals surface area contributed by atoms with Gasteiger partial charge >= 0.3 is 6.09 Å². The van der Waals surface area contributed by atoms with E-state index in [2.05, 4.69) is 0 Å². The molecule has 1 heterocycles. The predicted octanol–water partition coefficient (Wildman–Crippen LogP) is 3.30. The quantitative estimate of drug-likeness (QED) is 0.825. The molecule has 0 atom stereocenters. The normalized spacial score (nSPS) is 15.5. The van der Waals surface area contributed by atoms with Crippen molar-refractivity contribution in [3.63, 3.8) is 0 Å². The molecule has 0 radical (unpaired) electrons. The van der Waals surface area contributed by atoms with Crippen LogP contribution in [0.3, 0.4) is 0 Å². The highest BCUT2D eigenvalue weighted by molar-refractivity contribution is 5.79. The Morgan fingerprint density at radius 2 is 1.73 bits per heavy atom. The summed E-state index contributed by atoms with van der Waals surface area (Å²) in [6.07, 6.45) is 1.05. The van der Waals surface area contributed by atoms with E-state index in [1.54, 1.807) is 16.9 Å². The Morgan fingerprint density at radius 1 is 1.15 bits per heavy atom. The van der Waals surface area contributed by atoms with Gasteiger partial charge in [0, 0.05) is 32.6 Å². The lowest BCUT2D eigenvalue weighted by molar-refractivity contribution is -0.136. The van der Waals surface area contributed by atoms with Crippen molar-refractivity contribution in [3.05, 3.63) is 29.8 Å². The van der Waals surface area contributed by atoms with E-state index in [-0.39, 0.29) is 17.9 Å². The van der Waals surface area contributed by atoms with E-state index in [0.29, 0.717) is 32.5 Å². The van der Waals surface area contributed by atoms with Crippen molar-refractivity contribution in [2.24, 2.45) is 5.92 Å². The minimum atomic E-state index is -0.498. The van der Waals surface area contributed by atoms with Crippen LogP contribution in [0.4, 0.5) is 4.79 Å². The summed E-state index contributed by atoms with van der Waals surface area (Å²) >= 11 is 0. The molecule has 0 spiro atoms. The molecule has 0 unspecified atom stereocenters. The molecule has 0 aromatic heterocycles. The largest absolute Gasteiger partial charge is 0.497 e. The van der Waals surface area contributed by atoms with Gasteiger partial charge in [0.15, 0.2) is 0 Å². The van der Waals surface area contributed by atoms with Crippen molar-refractivity contribution >= 4 is 12.0 Å². The Morgan fingerprint density at radius 3 is 2.23 bits per heavy atom. The van der Waals surface area contributed by atoms with Crippen molar-refractivity contribution in [1.29, 1.82) is 0 Å². The maximum atomic E-state index is 12.7. The van der Waals surface area contributed by atoms with E-state index in [4.69, 9.17) is 9.47 Å². The zero-order valence-electron chi connectivity index (χ0n) is 16.4. The lowest BCUT2D eigenvalue weighted by atomic mass is 9.95. The van der Waals surface area contributed by atoms with E-state index >= 15 is 0 Å². The average molecular weight is 362 g/mol. The fourth-order valence-electron chi connectivity index (χ4n) is 3.03. The third-order valence-corrected chi connectivity index (χ3v) is 4.45. The number of rotatable bonds is 4. The van der Waals surface area contributed by atoms with Crippen LogP contribution >= 0.6 is 0 Å². The van der Waals surface area contributed by atoms with E-state index < -0.39 is 5.60 Å². The molecule has 1 aliphatic rings. The highest BCUT2D eigenvalue weighted by Crippen LogP contribution is 2.22. The van der Waals surface area contributed by atoms with Crippen LogP contribution < -0.4 is 4.74 Å². The number of piperidine rings is 1. The minimum Gasteiger partial charge on any atom is -0.497 e. The molecule has 6 nitrogen and oxygen atoms in total. The standard InChI is InChI=1S/C20H30N2O4/c1-20(2,3)26-19(24)22-12-10-16(11-13-22)18(23)21(4)14-15-6-8-17(25-5)9-7-15/h6-9,16H,10-14H2,1-5H3. The molecule has 6 heteroatoms. The molecular formula is C20H30N2O4. The van der Waals surface area contributed by atoms with Crippen LogP contribution in [-0.4, -0.2) is 54.6 Å². The van der Waals surface area contributed by atoms with Crippen molar-refractivity contribution in [3.8, 4) is 5.75 Å². The van der Waals surface area contributed by atoms with Crippen LogP contribution in [0.1, 0.15) is 39.2 Å². The van der Waals surface area contributed by atoms with Crippen molar-refractivity contribution in [2.75, 3.05) is 27.2 Å². The molecule has 0 N–H and O–H groups in total. The number of hydrogen-bond acceptors (Lipinski definition) is 4. The summed E-state index contributed by atoms with van der Waals surface area (Å²) in [5.74, 6) is 0.888. The van der Waals surface area contributed by atoms with Crippen LogP contribution in [0, 0.1) is 5.92 Å². The zero-order valence-corrected chi connectivity index (χ0v) is 16.4. The molecule has 0 saturated carbocycles. The van der Waals surface area contributed by atoms with Gasteiger partial charge in [-0.05, 0) is 51.3 Å². The summed E-state index contributed by atoms with van der Waals surface area (Å²) < 4.78 is 10.6. The van der Waals surface area contributed by atoms with E-state index in [9.17, 15) is 9.59 Å². The molecule has 2 rings (SSSR count). The van der Waals surface area contributed by atoms with Crippen molar-refractivity contribution in [1.82, 2.24) is 9.80 Å². The predicted molar refractivity (Wildman–Crippen MR) is 100.0 cm³/mol. The van der Waals surface area contributed by atoms with Crippen molar-refractivity contribution < 1.29 is 19.1 Å². The van der Waals surface area contributed by atoms with Gasteiger partial charge in [-0.25, -0.2) is 4.79 Å². The number of amides is 2. The van der Waals surface area contributed by atoms with E-state index in [0.717, 1.165) is 11.3 Å². The SMILES string of the molecule is COc1ccc(CN(C)C(=O)C2CCN(C(=O)OC(C)(C)C)CC2)cc1. The molecule has 1 fully saturated rings. The first-order chi connectivity index (χ1) is 12.2. The van der Waals surface area contributed by atoms with Gasteiger partial charge < -0.3 is 19.3 Å². The summed E-state index contributed by atoms with van der Waals surface area (Å²) in [5, 5.41) is 0. The first-order valence-corrected chi connectivity index (χ1v) is 9.05. The maximum Gasteiger partial charge on any atom is 0.410 e. The molecule has 1 aliphatic heterocycles. The number of carbonyl (C=O) groups excluding carboxylic acids is 2. The summed E-state index contributed by atoms with van der Waals surface area (Å²) in [6.45, 7) is 7.25. The highest BCUT2D eigenvalue weighted by Gasteiger charge is 2.31. The Kier molecular flexibility index (Phi) is 6.51. The number of carbonyl (C=O) groups is 2. The molecule has 0 bridgehead atoms. The third-order valence-electron chi connectivity index (χ3n) is 4.45. The number of methoxy groups -OCH3 is 1. The molecule has 26 heavy (non-hydrogen) atoms. The Labute approximate surface area is 156 Å². The molecular weight excluding hydrogens is 332 g/mol. The maximum absolute atomic E-state index is 12.7. The monoisotopic (exact) mass is 362 g/mol. The van der Waals surface area contributed by atoms with Gasteiger partial charge in [0.2, 0.25) is 5.91 Å². The first kappa shape index (κ1) is 20.1. The Hall–Kier alpha value is -2.24. The fraction of sp³-hybridized carbons (Fsp3) is 0.600. The second kappa shape index (κ2) is 8.43. The molecule has 1 aromatic carbocycles. The lowest BCUT2D eigenvalue weighted by Gasteiger charge is -2.34. The Bertz CT molecular complexity index is 614. The number of hydrogen-bond donors (Lipinski definition) is 0. The topological polar surface area (TPSA) is 59.1 Å². The summed E-state index contributed by atoms with van der Waals surface area (Å²) in [5.41, 5.74) is 0.565. The zero-order chi connectivity index (χ0) is 19.3. The number of nitrogens with zero attached hydrogens (tertiary/aromatic N) is 2. The van der Waals surface area contributed by atoms with Crippen LogP contribution in [-0.2, 0) is 16.1 Å². The summed E-state index contributed by atoms with van der Waals surface area (Å²) in [7, 11) is 3.46. The summed E-state index contributed by atoms with van der Waals surface area (Å²) in [4.78, 5) is 28.3. The van der Waals surface area contributed by atoms with Gasteiger partial charge in [0.25, 0.3) is 0 Å². The summed E-state index contributed by atoms with van der Waals surface area (Å²) in [6, 6.07) is 7.72. The third kappa shape index (κ3) is 5.64. The fourth-order valence-corrected chi connectivity index (χ4v) is 3.03. The molecule has 1 aromatic rings. The number of benzene rings is 1. The van der Waals surface area contributed by atoms with Crippen LogP contribution in [0.25, 0.3) is 0 Å². The number of likely N-dealkylation sites (tertiary alicyclic amines) is 1. The first-order valence-electron chi connectivity index (χ1n) is 9.05. The smallest absolute Gasteiger partial charge is 0.410 e. The van der Waals surface area contributed by atoms with Gasteiger partial charge in [0.1, 0.15) is 11.4 Å². The lowest BCUT2D eigenvalue weighted by Crippen LogP contribution is -2.45. The van der Waals surface area contributed by atoms with Gasteiger partial charge in [-0.2, -0.15) is 0 Å². The highest BCUT2D eigenvalue weighted by atomic mass is 16.6.